The first-order valence-corrected chi connectivity index (χ1v) is 6.11. The van der Waals surface area contributed by atoms with Gasteiger partial charge < -0.3 is 10.4 Å². The zero-order valence-electron chi connectivity index (χ0n) is 10.5. The average Bonchev–Trinajstić information content (AvgIpc) is 2.26. The van der Waals surface area contributed by atoms with E-state index in [0.717, 1.165) is 0 Å². The number of rotatable bonds is 5. The molecule has 0 saturated heterocycles. The molecule has 1 unspecified atom stereocenters. The summed E-state index contributed by atoms with van der Waals surface area (Å²) in [5, 5.41) is 11.5. The fourth-order valence-electron chi connectivity index (χ4n) is 1.52. The summed E-state index contributed by atoms with van der Waals surface area (Å²) in [4.78, 5) is 6.54. The van der Waals surface area contributed by atoms with Crippen molar-refractivity contribution in [2.24, 2.45) is 5.92 Å². The minimum Gasteiger partial charge on any atom is -0.396 e. The summed E-state index contributed by atoms with van der Waals surface area (Å²) in [5.41, 5.74) is 0. The Bertz CT molecular complexity index is 426. The van der Waals surface area contributed by atoms with Gasteiger partial charge in [0, 0.05) is 18.7 Å². The Kier molecular flexibility index (Phi) is 5.37. The molecule has 1 heterocycles. The number of aliphatic hydroxyl groups excluding tert-OH is 1. The van der Waals surface area contributed by atoms with Crippen LogP contribution in [0.5, 0.6) is 0 Å². The highest BCUT2D eigenvalue weighted by atomic mass is 35.5. The van der Waals surface area contributed by atoms with E-state index in [1.165, 1.54) is 6.07 Å². The number of anilines is 1. The van der Waals surface area contributed by atoms with Crippen molar-refractivity contribution in [3.63, 3.8) is 0 Å². The van der Waals surface area contributed by atoms with Gasteiger partial charge in [-0.05, 0) is 12.3 Å². The molecule has 0 amide bonds. The average molecular weight is 298 g/mol. The van der Waals surface area contributed by atoms with Gasteiger partial charge in [-0.15, -0.1) is 0 Å². The third-order valence-electron chi connectivity index (χ3n) is 2.53. The Morgan fingerprint density at radius 3 is 2.47 bits per heavy atom. The number of nitrogens with zero attached hydrogens (tertiary/aromatic N) is 2. The van der Waals surface area contributed by atoms with Crippen molar-refractivity contribution in [2.75, 3.05) is 11.9 Å². The third-order valence-corrected chi connectivity index (χ3v) is 2.72. The Hall–Kier alpha value is -1.08. The lowest BCUT2D eigenvalue weighted by molar-refractivity contribution is -0.144. The monoisotopic (exact) mass is 297 g/mol. The summed E-state index contributed by atoms with van der Waals surface area (Å²) in [5.74, 6) is -1.16. The highest BCUT2D eigenvalue weighted by Gasteiger charge is 2.35. The quantitative estimate of drug-likeness (QED) is 0.820. The van der Waals surface area contributed by atoms with Crippen LogP contribution in [-0.2, 0) is 6.18 Å². The van der Waals surface area contributed by atoms with Gasteiger partial charge in [0.25, 0.3) is 0 Å². The van der Waals surface area contributed by atoms with Gasteiger partial charge in [0.05, 0.1) is 0 Å². The Morgan fingerprint density at radius 2 is 2.00 bits per heavy atom. The molecule has 0 saturated carbocycles. The molecule has 1 rings (SSSR count). The normalized spacial score (nSPS) is 13.7. The predicted molar refractivity (Wildman–Crippen MR) is 66.0 cm³/mol. The van der Waals surface area contributed by atoms with Crippen LogP contribution in [0.3, 0.4) is 0 Å². The number of alkyl halides is 3. The van der Waals surface area contributed by atoms with Crippen molar-refractivity contribution < 1.29 is 18.3 Å². The van der Waals surface area contributed by atoms with Crippen LogP contribution in [0.1, 0.15) is 26.1 Å². The van der Waals surface area contributed by atoms with Crippen LogP contribution < -0.4 is 5.32 Å². The van der Waals surface area contributed by atoms with E-state index in [2.05, 4.69) is 15.3 Å². The first-order chi connectivity index (χ1) is 8.74. The number of aliphatic hydroxyl groups is 1. The zero-order chi connectivity index (χ0) is 14.6. The lowest BCUT2D eigenvalue weighted by atomic mass is 10.0. The van der Waals surface area contributed by atoms with Crippen LogP contribution >= 0.6 is 11.6 Å². The van der Waals surface area contributed by atoms with Gasteiger partial charge in [0.15, 0.2) is 0 Å². The van der Waals surface area contributed by atoms with Gasteiger partial charge in [-0.1, -0.05) is 25.4 Å². The van der Waals surface area contributed by atoms with E-state index in [-0.39, 0.29) is 29.5 Å². The maximum atomic E-state index is 12.5. The molecule has 8 heteroatoms. The SMILES string of the molecule is CC(C)C(CCO)Nc1cc(Cl)nc(C(F)(F)F)n1. The molecule has 4 nitrogen and oxygen atoms in total. The second kappa shape index (κ2) is 6.38. The molecular weight excluding hydrogens is 283 g/mol. The summed E-state index contributed by atoms with van der Waals surface area (Å²) in [7, 11) is 0. The van der Waals surface area contributed by atoms with Gasteiger partial charge >= 0.3 is 6.18 Å². The molecule has 0 fully saturated rings. The summed E-state index contributed by atoms with van der Waals surface area (Å²) < 4.78 is 37.6. The molecule has 0 aliphatic rings. The number of halogens is 4. The van der Waals surface area contributed by atoms with E-state index in [0.29, 0.717) is 6.42 Å². The Labute approximate surface area is 114 Å². The van der Waals surface area contributed by atoms with Crippen molar-refractivity contribution in [1.29, 1.82) is 0 Å². The number of hydrogen-bond acceptors (Lipinski definition) is 4. The molecule has 1 aromatic rings. The van der Waals surface area contributed by atoms with Gasteiger partial charge in [-0.3, -0.25) is 0 Å². The Morgan fingerprint density at radius 1 is 1.37 bits per heavy atom. The second-order valence-electron chi connectivity index (χ2n) is 4.40. The molecule has 0 radical (unpaired) electrons. The second-order valence-corrected chi connectivity index (χ2v) is 4.79. The molecule has 19 heavy (non-hydrogen) atoms. The summed E-state index contributed by atoms with van der Waals surface area (Å²) in [6.45, 7) is 3.71. The molecule has 0 aliphatic carbocycles. The van der Waals surface area contributed by atoms with E-state index in [4.69, 9.17) is 16.7 Å². The van der Waals surface area contributed by atoms with Crippen molar-refractivity contribution in [1.82, 2.24) is 9.97 Å². The van der Waals surface area contributed by atoms with Crippen LogP contribution in [0, 0.1) is 5.92 Å². The summed E-state index contributed by atoms with van der Waals surface area (Å²) in [6, 6.07) is 1.03. The number of aromatic nitrogens is 2. The van der Waals surface area contributed by atoms with Crippen molar-refractivity contribution in [3.05, 3.63) is 17.0 Å². The van der Waals surface area contributed by atoms with Gasteiger partial charge in [0.1, 0.15) is 11.0 Å². The molecule has 0 aromatic carbocycles. The fourth-order valence-corrected chi connectivity index (χ4v) is 1.70. The zero-order valence-corrected chi connectivity index (χ0v) is 11.3. The maximum absolute atomic E-state index is 12.5. The topological polar surface area (TPSA) is 58.0 Å². The Balaban J connectivity index is 2.97. The molecule has 1 aromatic heterocycles. The molecule has 0 aliphatic heterocycles. The van der Waals surface area contributed by atoms with Crippen LogP contribution in [0.25, 0.3) is 0 Å². The van der Waals surface area contributed by atoms with Crippen molar-refractivity contribution in [3.8, 4) is 0 Å². The highest BCUT2D eigenvalue weighted by Crippen LogP contribution is 2.28. The number of nitrogens with one attached hydrogen (secondary N) is 1. The van der Waals surface area contributed by atoms with Crippen LogP contribution in [0.4, 0.5) is 19.0 Å². The smallest absolute Gasteiger partial charge is 0.396 e. The maximum Gasteiger partial charge on any atom is 0.451 e. The summed E-state index contributed by atoms with van der Waals surface area (Å²) >= 11 is 5.56. The van der Waals surface area contributed by atoms with Crippen LogP contribution in [-0.4, -0.2) is 27.7 Å². The lowest BCUT2D eigenvalue weighted by Gasteiger charge is -2.22. The standard InChI is InChI=1S/C11H15ClF3N3O/c1-6(2)7(3-4-19)16-9-5-8(12)17-10(18-9)11(13,14)15/h5-7,19H,3-4H2,1-2H3,(H,16,17,18). The highest BCUT2D eigenvalue weighted by molar-refractivity contribution is 6.29. The largest absolute Gasteiger partial charge is 0.451 e. The van der Waals surface area contributed by atoms with E-state index >= 15 is 0 Å². The van der Waals surface area contributed by atoms with Gasteiger partial charge in [-0.2, -0.15) is 13.2 Å². The predicted octanol–water partition coefficient (Wildman–Crippen LogP) is 2.97. The molecule has 2 N–H and O–H groups in total. The van der Waals surface area contributed by atoms with Crippen molar-refractivity contribution in [2.45, 2.75) is 32.5 Å². The fraction of sp³-hybridized carbons (Fsp3) is 0.636. The van der Waals surface area contributed by atoms with E-state index < -0.39 is 12.0 Å². The third kappa shape index (κ3) is 4.83. The van der Waals surface area contributed by atoms with Crippen LogP contribution in [0.2, 0.25) is 5.15 Å². The van der Waals surface area contributed by atoms with E-state index in [9.17, 15) is 13.2 Å². The molecular formula is C11H15ClF3N3O. The first-order valence-electron chi connectivity index (χ1n) is 5.73. The molecule has 0 bridgehead atoms. The van der Waals surface area contributed by atoms with Gasteiger partial charge in [0.2, 0.25) is 5.82 Å². The first kappa shape index (κ1) is 16.0. The minimum absolute atomic E-state index is 0.000486. The molecule has 1 atom stereocenters. The molecule has 0 spiro atoms. The van der Waals surface area contributed by atoms with E-state index in [1.807, 2.05) is 13.8 Å². The summed E-state index contributed by atoms with van der Waals surface area (Å²) in [6.07, 6.45) is -4.24. The minimum atomic E-state index is -4.65. The molecule has 108 valence electrons. The van der Waals surface area contributed by atoms with E-state index in [1.54, 1.807) is 0 Å². The van der Waals surface area contributed by atoms with Crippen LogP contribution in [0.15, 0.2) is 6.07 Å². The lowest BCUT2D eigenvalue weighted by Crippen LogP contribution is -2.28. The number of hydrogen-bond donors (Lipinski definition) is 2. The van der Waals surface area contributed by atoms with Crippen molar-refractivity contribution >= 4 is 17.4 Å². The van der Waals surface area contributed by atoms with Gasteiger partial charge in [-0.25, -0.2) is 9.97 Å².